The Morgan fingerprint density at radius 2 is 2.18 bits per heavy atom. The number of nitrogens with one attached hydrogen (secondary N) is 1. The van der Waals surface area contributed by atoms with E-state index in [1.807, 2.05) is 20.8 Å². The third-order valence-corrected chi connectivity index (χ3v) is 2.82. The summed E-state index contributed by atoms with van der Waals surface area (Å²) in [7, 11) is 0. The van der Waals surface area contributed by atoms with Crippen molar-refractivity contribution in [2.45, 2.75) is 46.0 Å². The summed E-state index contributed by atoms with van der Waals surface area (Å²) in [6, 6.07) is 0. The molecule has 0 aliphatic heterocycles. The number of carboxylic acids is 1. The van der Waals surface area contributed by atoms with Crippen LogP contribution >= 0.6 is 0 Å². The van der Waals surface area contributed by atoms with Gasteiger partial charge in [0.2, 0.25) is 0 Å². The predicted molar refractivity (Wildman–Crippen MR) is 62.4 cm³/mol. The van der Waals surface area contributed by atoms with E-state index < -0.39 is 11.9 Å². The zero-order valence-corrected chi connectivity index (χ0v) is 10.6. The quantitative estimate of drug-likeness (QED) is 0.758. The monoisotopic (exact) mass is 240 g/mol. The summed E-state index contributed by atoms with van der Waals surface area (Å²) in [6.07, 6.45) is 2.30. The summed E-state index contributed by atoms with van der Waals surface area (Å²) in [5.74, 6) is -0.518. The van der Waals surface area contributed by atoms with Crippen LogP contribution in [0.2, 0.25) is 0 Å². The van der Waals surface area contributed by atoms with Gasteiger partial charge in [-0.2, -0.15) is 5.21 Å². The lowest BCUT2D eigenvalue weighted by molar-refractivity contribution is -0.143. The third-order valence-electron chi connectivity index (χ3n) is 2.82. The van der Waals surface area contributed by atoms with Gasteiger partial charge in [0.1, 0.15) is 0 Å². The molecule has 0 saturated carbocycles. The first-order chi connectivity index (χ1) is 8.06. The highest BCUT2D eigenvalue weighted by atomic mass is 16.4. The molecule has 1 aromatic rings. The minimum Gasteiger partial charge on any atom is -0.481 e. The van der Waals surface area contributed by atoms with Gasteiger partial charge in [0.05, 0.1) is 5.92 Å². The Morgan fingerprint density at radius 1 is 1.47 bits per heavy atom. The van der Waals surface area contributed by atoms with Gasteiger partial charge in [-0.3, -0.25) is 4.79 Å². The van der Waals surface area contributed by atoms with Crippen LogP contribution in [0.3, 0.4) is 0 Å². The molecule has 1 aromatic heterocycles. The predicted octanol–water partition coefficient (Wildman–Crippen LogP) is 1.83. The van der Waals surface area contributed by atoms with E-state index in [1.165, 1.54) is 0 Å². The Bertz CT molecular complexity index is 337. The lowest BCUT2D eigenvalue weighted by Crippen LogP contribution is -2.24. The maximum Gasteiger partial charge on any atom is 0.307 e. The molecule has 96 valence electrons. The Labute approximate surface area is 101 Å². The van der Waals surface area contributed by atoms with Crippen molar-refractivity contribution in [3.8, 4) is 0 Å². The lowest BCUT2D eigenvalue weighted by Gasteiger charge is -2.22. The SMILES string of the molecule is CCCC(c1nn[nH]n1)C(CC(C)C)C(=O)O. The van der Waals surface area contributed by atoms with Crippen LogP contribution in [0.1, 0.15) is 51.8 Å². The van der Waals surface area contributed by atoms with Gasteiger partial charge < -0.3 is 5.11 Å². The van der Waals surface area contributed by atoms with Gasteiger partial charge in [0.25, 0.3) is 0 Å². The number of carbonyl (C=O) groups is 1. The van der Waals surface area contributed by atoms with Crippen LogP contribution in [-0.4, -0.2) is 31.7 Å². The second-order valence-electron chi connectivity index (χ2n) is 4.74. The molecule has 2 atom stereocenters. The molecule has 0 radical (unpaired) electrons. The molecule has 17 heavy (non-hydrogen) atoms. The van der Waals surface area contributed by atoms with Crippen LogP contribution in [0.25, 0.3) is 0 Å². The molecule has 1 rings (SSSR count). The molecule has 6 heteroatoms. The molecule has 0 fully saturated rings. The van der Waals surface area contributed by atoms with Crippen molar-refractivity contribution in [1.29, 1.82) is 0 Å². The number of tetrazole rings is 1. The molecule has 0 saturated heterocycles. The Kier molecular flexibility index (Phi) is 5.06. The molecular formula is C11H20N4O2. The fourth-order valence-corrected chi connectivity index (χ4v) is 2.09. The van der Waals surface area contributed by atoms with E-state index in [4.69, 9.17) is 0 Å². The molecule has 6 nitrogen and oxygen atoms in total. The van der Waals surface area contributed by atoms with E-state index in [0.29, 0.717) is 18.2 Å². The zero-order chi connectivity index (χ0) is 12.8. The minimum atomic E-state index is -0.776. The van der Waals surface area contributed by atoms with Crippen molar-refractivity contribution in [2.24, 2.45) is 11.8 Å². The molecule has 0 bridgehead atoms. The molecule has 0 spiro atoms. The second kappa shape index (κ2) is 6.32. The summed E-state index contributed by atoms with van der Waals surface area (Å²) in [5, 5.41) is 23.1. The number of aliphatic carboxylic acids is 1. The number of hydrogen-bond acceptors (Lipinski definition) is 4. The largest absolute Gasteiger partial charge is 0.481 e. The zero-order valence-electron chi connectivity index (χ0n) is 10.6. The van der Waals surface area contributed by atoms with Crippen LogP contribution in [0, 0.1) is 11.8 Å². The highest BCUT2D eigenvalue weighted by Gasteiger charge is 2.32. The number of rotatable bonds is 7. The number of aromatic amines is 1. The third kappa shape index (κ3) is 3.80. The smallest absolute Gasteiger partial charge is 0.307 e. The molecule has 0 aliphatic carbocycles. The first kappa shape index (κ1) is 13.6. The first-order valence-electron chi connectivity index (χ1n) is 6.02. The van der Waals surface area contributed by atoms with Gasteiger partial charge in [-0.15, -0.1) is 10.2 Å². The van der Waals surface area contributed by atoms with E-state index in [1.54, 1.807) is 0 Å². The maximum atomic E-state index is 11.4. The van der Waals surface area contributed by atoms with Crippen LogP contribution in [0.4, 0.5) is 0 Å². The molecular weight excluding hydrogens is 220 g/mol. The summed E-state index contributed by atoms with van der Waals surface area (Å²) >= 11 is 0. The van der Waals surface area contributed by atoms with Gasteiger partial charge in [0, 0.05) is 5.92 Å². The molecule has 2 unspecified atom stereocenters. The molecule has 0 amide bonds. The van der Waals surface area contributed by atoms with Crippen molar-refractivity contribution in [3.05, 3.63) is 5.82 Å². The highest BCUT2D eigenvalue weighted by Crippen LogP contribution is 2.31. The average molecular weight is 240 g/mol. The Morgan fingerprint density at radius 3 is 2.59 bits per heavy atom. The average Bonchev–Trinajstić information content (AvgIpc) is 2.75. The fraction of sp³-hybridized carbons (Fsp3) is 0.818. The summed E-state index contributed by atoms with van der Waals surface area (Å²) in [4.78, 5) is 11.4. The number of carboxylic acid groups (broad SMARTS) is 1. The number of nitrogens with zero attached hydrogens (tertiary/aromatic N) is 3. The van der Waals surface area contributed by atoms with Crippen molar-refractivity contribution in [3.63, 3.8) is 0 Å². The number of hydrogen-bond donors (Lipinski definition) is 2. The van der Waals surface area contributed by atoms with Gasteiger partial charge in [0.15, 0.2) is 5.82 Å². The van der Waals surface area contributed by atoms with E-state index in [2.05, 4.69) is 20.6 Å². The summed E-state index contributed by atoms with van der Waals surface area (Å²) < 4.78 is 0. The lowest BCUT2D eigenvalue weighted by atomic mass is 9.82. The van der Waals surface area contributed by atoms with Crippen molar-refractivity contribution in [1.82, 2.24) is 20.6 Å². The number of H-pyrrole nitrogens is 1. The molecule has 0 aromatic carbocycles. The van der Waals surface area contributed by atoms with Gasteiger partial charge in [-0.05, 0) is 18.8 Å². The molecule has 1 heterocycles. The first-order valence-corrected chi connectivity index (χ1v) is 6.02. The second-order valence-corrected chi connectivity index (χ2v) is 4.74. The van der Waals surface area contributed by atoms with E-state index in [0.717, 1.165) is 12.8 Å². The van der Waals surface area contributed by atoms with Gasteiger partial charge >= 0.3 is 5.97 Å². The van der Waals surface area contributed by atoms with E-state index >= 15 is 0 Å². The van der Waals surface area contributed by atoms with Crippen LogP contribution in [0.5, 0.6) is 0 Å². The van der Waals surface area contributed by atoms with Crippen molar-refractivity contribution in [2.75, 3.05) is 0 Å². The van der Waals surface area contributed by atoms with E-state index in [-0.39, 0.29) is 5.92 Å². The van der Waals surface area contributed by atoms with E-state index in [9.17, 15) is 9.90 Å². The normalized spacial score (nSPS) is 14.8. The highest BCUT2D eigenvalue weighted by molar-refractivity contribution is 5.71. The minimum absolute atomic E-state index is 0.154. The van der Waals surface area contributed by atoms with Crippen molar-refractivity contribution >= 4 is 5.97 Å². The topological polar surface area (TPSA) is 91.8 Å². The van der Waals surface area contributed by atoms with Crippen molar-refractivity contribution < 1.29 is 9.90 Å². The Hall–Kier alpha value is -1.46. The maximum absolute atomic E-state index is 11.4. The Balaban J connectivity index is 2.89. The summed E-state index contributed by atoms with van der Waals surface area (Å²) in [5.41, 5.74) is 0. The van der Waals surface area contributed by atoms with Gasteiger partial charge in [-0.1, -0.05) is 32.4 Å². The summed E-state index contributed by atoms with van der Waals surface area (Å²) in [6.45, 7) is 6.08. The van der Waals surface area contributed by atoms with Crippen LogP contribution in [-0.2, 0) is 4.79 Å². The standard InChI is InChI=1S/C11H20N4O2/c1-4-5-8(10-12-14-15-13-10)9(11(16)17)6-7(2)3/h7-9H,4-6H2,1-3H3,(H,16,17)(H,12,13,14,15). The molecule has 2 N–H and O–H groups in total. The van der Waals surface area contributed by atoms with Crippen LogP contribution in [0.15, 0.2) is 0 Å². The number of aromatic nitrogens is 4. The van der Waals surface area contributed by atoms with Gasteiger partial charge in [-0.25, -0.2) is 0 Å². The fourth-order valence-electron chi connectivity index (χ4n) is 2.09. The molecule has 0 aliphatic rings. The van der Waals surface area contributed by atoms with Crippen LogP contribution < -0.4 is 0 Å².